The average molecular weight is 565 g/mol. The van der Waals surface area contributed by atoms with Gasteiger partial charge in [0.1, 0.15) is 23.7 Å². The van der Waals surface area contributed by atoms with Crippen LogP contribution < -0.4 is 10.6 Å². The molecule has 1 spiro atoms. The highest BCUT2D eigenvalue weighted by atomic mass is 32.2. The number of amides is 2. The smallest absolute Gasteiger partial charge is 0.364 e. The van der Waals surface area contributed by atoms with E-state index in [0.29, 0.717) is 30.5 Å². The van der Waals surface area contributed by atoms with Crippen molar-refractivity contribution in [3.63, 3.8) is 0 Å². The van der Waals surface area contributed by atoms with Gasteiger partial charge >= 0.3 is 6.18 Å². The summed E-state index contributed by atoms with van der Waals surface area (Å²) in [5, 5.41) is 10.3. The zero-order valence-corrected chi connectivity index (χ0v) is 22.1. The minimum absolute atomic E-state index is 0.0956. The second kappa shape index (κ2) is 9.63. The third-order valence-corrected chi connectivity index (χ3v) is 7.85. The standard InChI is InChI=1S/C26H27F3N4O5S/c1-15-3-5-16(6-4-15)21-22(30-20(34)12-39(2,36)37)23-24(35)31-25(13-33(23)32-21)10-9-17-11-18(7-8-19(17)25)38-14-26(27,28)29/h3-8,18H,9-14H2,1-2H3,(H,30,34)(H,31,35)/t18?,25-/m0/s1. The van der Waals surface area contributed by atoms with E-state index in [9.17, 15) is 31.2 Å². The first-order valence-electron chi connectivity index (χ1n) is 12.3. The molecular formula is C26H27F3N4O5S. The molecule has 5 rings (SSSR count). The van der Waals surface area contributed by atoms with Gasteiger partial charge in [0.25, 0.3) is 5.91 Å². The van der Waals surface area contributed by atoms with Gasteiger partial charge in [-0.25, -0.2) is 8.42 Å². The first-order chi connectivity index (χ1) is 18.2. The van der Waals surface area contributed by atoms with Gasteiger partial charge in [-0.3, -0.25) is 14.3 Å². The Labute approximate surface area is 223 Å². The van der Waals surface area contributed by atoms with Crippen LogP contribution in [0.1, 0.15) is 35.3 Å². The number of sulfone groups is 1. The molecule has 1 aromatic carbocycles. The SMILES string of the molecule is Cc1ccc(-c2nn3c(c2NC(=O)CS(C)(=O)=O)C(=O)N[C@@]2(CCC4=C2C=CC(OCC(F)(F)F)C4)C3)cc1. The molecule has 0 bridgehead atoms. The summed E-state index contributed by atoms with van der Waals surface area (Å²) in [4.78, 5) is 26.1. The maximum absolute atomic E-state index is 13.5. The summed E-state index contributed by atoms with van der Waals surface area (Å²) in [6.07, 6.45) is 0.516. The van der Waals surface area contributed by atoms with Gasteiger partial charge in [-0.15, -0.1) is 0 Å². The number of halogens is 3. The molecular weight excluding hydrogens is 537 g/mol. The lowest BCUT2D eigenvalue weighted by atomic mass is 9.86. The molecule has 0 radical (unpaired) electrons. The predicted octanol–water partition coefficient (Wildman–Crippen LogP) is 3.32. The summed E-state index contributed by atoms with van der Waals surface area (Å²) in [5.74, 6) is -2.05. The van der Waals surface area contributed by atoms with E-state index >= 15 is 0 Å². The lowest BCUT2D eigenvalue weighted by molar-refractivity contribution is -0.180. The van der Waals surface area contributed by atoms with Crippen LogP contribution >= 0.6 is 0 Å². The molecule has 1 aromatic heterocycles. The van der Waals surface area contributed by atoms with Crippen LogP contribution in [0, 0.1) is 6.92 Å². The fourth-order valence-corrected chi connectivity index (χ4v) is 5.96. The van der Waals surface area contributed by atoms with E-state index in [1.165, 1.54) is 4.68 Å². The van der Waals surface area contributed by atoms with Crippen LogP contribution in [0.4, 0.5) is 18.9 Å². The third-order valence-electron chi connectivity index (χ3n) is 7.06. The average Bonchev–Trinajstić information content (AvgIpc) is 3.35. The molecule has 0 saturated heterocycles. The molecule has 39 heavy (non-hydrogen) atoms. The van der Waals surface area contributed by atoms with E-state index in [1.807, 2.05) is 19.1 Å². The number of ether oxygens (including phenoxy) is 1. The minimum atomic E-state index is -4.42. The third kappa shape index (κ3) is 5.64. The van der Waals surface area contributed by atoms with Crippen molar-refractivity contribution in [1.29, 1.82) is 0 Å². The van der Waals surface area contributed by atoms with Crippen molar-refractivity contribution in [1.82, 2.24) is 15.1 Å². The van der Waals surface area contributed by atoms with Crippen molar-refractivity contribution in [2.45, 2.75) is 50.6 Å². The van der Waals surface area contributed by atoms with Gasteiger partial charge in [0.05, 0.1) is 18.2 Å². The largest absolute Gasteiger partial charge is 0.411 e. The van der Waals surface area contributed by atoms with E-state index in [1.54, 1.807) is 24.3 Å². The molecule has 208 valence electrons. The molecule has 2 heterocycles. The number of aryl methyl sites for hydroxylation is 1. The topological polar surface area (TPSA) is 119 Å². The number of benzene rings is 1. The van der Waals surface area contributed by atoms with Crippen LogP contribution in [-0.4, -0.2) is 66.4 Å². The van der Waals surface area contributed by atoms with Crippen molar-refractivity contribution in [3.05, 3.63) is 58.8 Å². The lowest BCUT2D eigenvalue weighted by Crippen LogP contribution is -2.56. The quantitative estimate of drug-likeness (QED) is 0.556. The van der Waals surface area contributed by atoms with E-state index in [-0.39, 0.29) is 17.9 Å². The first kappa shape index (κ1) is 27.1. The summed E-state index contributed by atoms with van der Waals surface area (Å²) in [5.41, 5.74) is 3.08. The monoisotopic (exact) mass is 564 g/mol. The minimum Gasteiger partial charge on any atom is -0.364 e. The molecule has 2 atom stereocenters. The number of rotatable bonds is 6. The Kier molecular flexibility index (Phi) is 6.70. The predicted molar refractivity (Wildman–Crippen MR) is 137 cm³/mol. The summed E-state index contributed by atoms with van der Waals surface area (Å²) in [6.45, 7) is 0.806. The number of carbonyl (C=O) groups excluding carboxylic acids is 2. The number of carbonyl (C=O) groups is 2. The Balaban J connectivity index is 1.48. The van der Waals surface area contributed by atoms with Gasteiger partial charge in [-0.2, -0.15) is 18.3 Å². The zero-order chi connectivity index (χ0) is 28.2. The lowest BCUT2D eigenvalue weighted by Gasteiger charge is -2.37. The highest BCUT2D eigenvalue weighted by Crippen LogP contribution is 2.45. The fourth-order valence-electron chi connectivity index (χ4n) is 5.41. The van der Waals surface area contributed by atoms with E-state index < -0.39 is 51.8 Å². The van der Waals surface area contributed by atoms with E-state index in [0.717, 1.165) is 23.0 Å². The highest BCUT2D eigenvalue weighted by Gasteiger charge is 2.48. The molecule has 2 aliphatic carbocycles. The van der Waals surface area contributed by atoms with Gasteiger partial charge in [0, 0.05) is 11.8 Å². The number of anilines is 1. The van der Waals surface area contributed by atoms with Crippen molar-refractivity contribution in [3.8, 4) is 11.3 Å². The van der Waals surface area contributed by atoms with Crippen LogP contribution in [0.25, 0.3) is 11.3 Å². The second-order valence-electron chi connectivity index (χ2n) is 10.3. The molecule has 3 aliphatic rings. The number of hydrogen-bond donors (Lipinski definition) is 2. The number of fused-ring (bicyclic) bond motifs is 2. The van der Waals surface area contributed by atoms with Crippen molar-refractivity contribution in [2.75, 3.05) is 23.9 Å². The van der Waals surface area contributed by atoms with Crippen molar-refractivity contribution in [2.24, 2.45) is 0 Å². The van der Waals surface area contributed by atoms with Gasteiger partial charge in [-0.05, 0) is 31.8 Å². The molecule has 2 aromatic rings. The molecule has 13 heteroatoms. The molecule has 1 unspecified atom stereocenters. The Morgan fingerprint density at radius 3 is 2.67 bits per heavy atom. The molecule has 0 saturated carbocycles. The molecule has 0 fully saturated rings. The van der Waals surface area contributed by atoms with Crippen LogP contribution in [0.15, 0.2) is 47.6 Å². The fraction of sp³-hybridized carbons (Fsp3) is 0.423. The second-order valence-corrected chi connectivity index (χ2v) is 12.4. The van der Waals surface area contributed by atoms with E-state index in [2.05, 4.69) is 15.7 Å². The van der Waals surface area contributed by atoms with Crippen LogP contribution in [0.5, 0.6) is 0 Å². The van der Waals surface area contributed by atoms with Crippen LogP contribution in [0.3, 0.4) is 0 Å². The van der Waals surface area contributed by atoms with Gasteiger partial charge < -0.3 is 15.4 Å². The van der Waals surface area contributed by atoms with Crippen LogP contribution in [-0.2, 0) is 25.9 Å². The molecule has 1 aliphatic heterocycles. The van der Waals surface area contributed by atoms with Gasteiger partial charge in [0.2, 0.25) is 5.91 Å². The van der Waals surface area contributed by atoms with E-state index in [4.69, 9.17) is 4.74 Å². The van der Waals surface area contributed by atoms with Crippen LogP contribution in [0.2, 0.25) is 0 Å². The molecule has 9 nitrogen and oxygen atoms in total. The Morgan fingerprint density at radius 2 is 2.00 bits per heavy atom. The number of nitrogens with zero attached hydrogens (tertiary/aromatic N) is 2. The van der Waals surface area contributed by atoms with Crippen molar-refractivity contribution >= 4 is 27.3 Å². The first-order valence-corrected chi connectivity index (χ1v) is 14.4. The number of nitrogens with one attached hydrogen (secondary N) is 2. The Bertz CT molecular complexity index is 1510. The van der Waals surface area contributed by atoms with Gasteiger partial charge in [-0.1, -0.05) is 47.6 Å². The number of alkyl halides is 3. The zero-order valence-electron chi connectivity index (χ0n) is 21.3. The summed E-state index contributed by atoms with van der Waals surface area (Å²) in [7, 11) is -3.62. The normalized spacial score (nSPS) is 22.6. The number of aromatic nitrogens is 2. The molecule has 2 amide bonds. The maximum atomic E-state index is 13.5. The maximum Gasteiger partial charge on any atom is 0.411 e. The summed E-state index contributed by atoms with van der Waals surface area (Å²) in [6, 6.07) is 7.31. The highest BCUT2D eigenvalue weighted by molar-refractivity contribution is 7.91. The summed E-state index contributed by atoms with van der Waals surface area (Å²) < 4.78 is 67.8. The summed E-state index contributed by atoms with van der Waals surface area (Å²) >= 11 is 0. The number of hydrogen-bond acceptors (Lipinski definition) is 6. The Morgan fingerprint density at radius 1 is 1.28 bits per heavy atom. The molecule has 2 N–H and O–H groups in total. The van der Waals surface area contributed by atoms with Crippen molar-refractivity contribution < 1.29 is 35.9 Å². The Hall–Kier alpha value is -3.45. The van der Waals surface area contributed by atoms with Gasteiger partial charge in [0.15, 0.2) is 15.5 Å².